The SMILES string of the molecule is C#CC(NC)c1cc(Br)ccc1F. The Balaban J connectivity index is 3.13. The number of terminal acetylenes is 1. The Kier molecular flexibility index (Phi) is 3.47. The van der Waals surface area contributed by atoms with Crippen LogP contribution < -0.4 is 5.32 Å². The highest BCUT2D eigenvalue weighted by Gasteiger charge is 2.10. The Hall–Kier alpha value is -0.850. The smallest absolute Gasteiger partial charge is 0.129 e. The Morgan fingerprint density at radius 3 is 2.85 bits per heavy atom. The van der Waals surface area contributed by atoms with Crippen LogP contribution in [0, 0.1) is 18.2 Å². The maximum atomic E-state index is 13.2. The van der Waals surface area contributed by atoms with Crippen molar-refractivity contribution >= 4 is 15.9 Å². The molecule has 0 aliphatic carbocycles. The summed E-state index contributed by atoms with van der Waals surface area (Å²) >= 11 is 3.26. The fourth-order valence-corrected chi connectivity index (χ4v) is 1.44. The van der Waals surface area contributed by atoms with Crippen molar-refractivity contribution in [3.8, 4) is 12.3 Å². The molecule has 0 aromatic heterocycles. The molecule has 1 atom stereocenters. The van der Waals surface area contributed by atoms with E-state index < -0.39 is 0 Å². The normalized spacial score (nSPS) is 12.2. The summed E-state index contributed by atoms with van der Waals surface area (Å²) in [4.78, 5) is 0. The van der Waals surface area contributed by atoms with Gasteiger partial charge < -0.3 is 5.32 Å². The van der Waals surface area contributed by atoms with Crippen molar-refractivity contribution in [1.82, 2.24) is 5.32 Å². The van der Waals surface area contributed by atoms with Gasteiger partial charge in [0.1, 0.15) is 5.82 Å². The van der Waals surface area contributed by atoms with Crippen LogP contribution >= 0.6 is 15.9 Å². The molecule has 0 saturated carbocycles. The molecule has 0 aliphatic heterocycles. The van der Waals surface area contributed by atoms with Crippen LogP contribution in [0.4, 0.5) is 4.39 Å². The molecule has 1 aromatic rings. The zero-order chi connectivity index (χ0) is 9.84. The van der Waals surface area contributed by atoms with Gasteiger partial charge in [-0.1, -0.05) is 21.9 Å². The zero-order valence-electron chi connectivity index (χ0n) is 7.14. The molecule has 1 rings (SSSR count). The van der Waals surface area contributed by atoms with Crippen LogP contribution in [0.2, 0.25) is 0 Å². The first-order valence-electron chi connectivity index (χ1n) is 3.77. The number of hydrogen-bond acceptors (Lipinski definition) is 1. The number of halogens is 2. The van der Waals surface area contributed by atoms with Gasteiger partial charge in [0.2, 0.25) is 0 Å². The third-order valence-electron chi connectivity index (χ3n) is 1.72. The molecule has 0 amide bonds. The molecule has 68 valence electrons. The Morgan fingerprint density at radius 2 is 2.31 bits per heavy atom. The predicted octanol–water partition coefficient (Wildman–Crippen LogP) is 2.48. The summed E-state index contributed by atoms with van der Waals surface area (Å²) in [5.41, 5.74) is 0.486. The highest BCUT2D eigenvalue weighted by molar-refractivity contribution is 9.10. The van der Waals surface area contributed by atoms with Gasteiger partial charge in [-0.25, -0.2) is 4.39 Å². The molecule has 0 spiro atoms. The molecule has 0 saturated heterocycles. The molecule has 1 nitrogen and oxygen atoms in total. The van der Waals surface area contributed by atoms with Crippen molar-refractivity contribution in [2.45, 2.75) is 6.04 Å². The summed E-state index contributed by atoms with van der Waals surface area (Å²) in [6.07, 6.45) is 5.24. The summed E-state index contributed by atoms with van der Waals surface area (Å²) in [7, 11) is 1.70. The summed E-state index contributed by atoms with van der Waals surface area (Å²) in [5, 5.41) is 2.84. The van der Waals surface area contributed by atoms with E-state index in [1.165, 1.54) is 6.07 Å². The van der Waals surface area contributed by atoms with Crippen LogP contribution in [-0.2, 0) is 0 Å². The van der Waals surface area contributed by atoms with Crippen molar-refractivity contribution in [3.63, 3.8) is 0 Å². The second kappa shape index (κ2) is 4.40. The summed E-state index contributed by atoms with van der Waals surface area (Å²) < 4.78 is 14.1. The summed E-state index contributed by atoms with van der Waals surface area (Å²) in [6, 6.07) is 4.33. The van der Waals surface area contributed by atoms with E-state index in [0.717, 1.165) is 4.47 Å². The number of benzene rings is 1. The fraction of sp³-hybridized carbons (Fsp3) is 0.200. The lowest BCUT2D eigenvalue weighted by atomic mass is 10.1. The minimum Gasteiger partial charge on any atom is -0.303 e. The first-order chi connectivity index (χ1) is 6.19. The standard InChI is InChI=1S/C10H9BrFN/c1-3-10(13-2)8-6-7(11)4-5-9(8)12/h1,4-6,10,13H,2H3. The lowest BCUT2D eigenvalue weighted by molar-refractivity contribution is 0.586. The lowest BCUT2D eigenvalue weighted by Gasteiger charge is -2.10. The Morgan fingerprint density at radius 1 is 1.62 bits per heavy atom. The third-order valence-corrected chi connectivity index (χ3v) is 2.22. The van der Waals surface area contributed by atoms with Gasteiger partial charge in [0.25, 0.3) is 0 Å². The summed E-state index contributed by atoms with van der Waals surface area (Å²) in [5.74, 6) is 2.17. The van der Waals surface area contributed by atoms with Gasteiger partial charge in [0.05, 0.1) is 6.04 Å². The van der Waals surface area contributed by atoms with Crippen LogP contribution in [0.3, 0.4) is 0 Å². The molecule has 3 heteroatoms. The molecule has 0 fully saturated rings. The van der Waals surface area contributed by atoms with E-state index in [1.54, 1.807) is 19.2 Å². The fourth-order valence-electron chi connectivity index (χ4n) is 1.06. The van der Waals surface area contributed by atoms with Crippen molar-refractivity contribution in [2.75, 3.05) is 7.05 Å². The van der Waals surface area contributed by atoms with Crippen LogP contribution in [0.1, 0.15) is 11.6 Å². The molecule has 1 aromatic carbocycles. The lowest BCUT2D eigenvalue weighted by Crippen LogP contribution is -2.15. The van der Waals surface area contributed by atoms with Gasteiger partial charge in [-0.2, -0.15) is 0 Å². The molecule has 1 unspecified atom stereocenters. The summed E-state index contributed by atoms with van der Waals surface area (Å²) in [6.45, 7) is 0. The molecule has 13 heavy (non-hydrogen) atoms. The van der Waals surface area contributed by atoms with Gasteiger partial charge in [-0.15, -0.1) is 6.42 Å². The number of nitrogens with one attached hydrogen (secondary N) is 1. The van der Waals surface area contributed by atoms with E-state index in [2.05, 4.69) is 27.2 Å². The zero-order valence-corrected chi connectivity index (χ0v) is 8.73. The quantitative estimate of drug-likeness (QED) is 0.785. The van der Waals surface area contributed by atoms with Gasteiger partial charge in [-0.05, 0) is 25.2 Å². The first kappa shape index (κ1) is 10.2. The average Bonchev–Trinajstić information content (AvgIpc) is 2.13. The predicted molar refractivity (Wildman–Crippen MR) is 54.7 cm³/mol. The molecule has 1 N–H and O–H groups in total. The highest BCUT2D eigenvalue weighted by Crippen LogP contribution is 2.20. The molecular formula is C10H9BrFN. The maximum absolute atomic E-state index is 13.2. The Labute approximate surface area is 85.5 Å². The van der Waals surface area contributed by atoms with Crippen LogP contribution in [0.25, 0.3) is 0 Å². The van der Waals surface area contributed by atoms with Crippen LogP contribution in [0.5, 0.6) is 0 Å². The van der Waals surface area contributed by atoms with Crippen LogP contribution in [0.15, 0.2) is 22.7 Å². The molecule has 0 radical (unpaired) electrons. The highest BCUT2D eigenvalue weighted by atomic mass is 79.9. The van der Waals surface area contributed by atoms with Gasteiger partial charge in [0.15, 0.2) is 0 Å². The van der Waals surface area contributed by atoms with Gasteiger partial charge in [0, 0.05) is 10.0 Å². The van der Waals surface area contributed by atoms with Crippen molar-refractivity contribution < 1.29 is 4.39 Å². The second-order valence-electron chi connectivity index (χ2n) is 2.55. The topological polar surface area (TPSA) is 12.0 Å². The molecule has 0 aliphatic rings. The molecule has 0 heterocycles. The van der Waals surface area contributed by atoms with E-state index in [-0.39, 0.29) is 11.9 Å². The van der Waals surface area contributed by atoms with Crippen molar-refractivity contribution in [1.29, 1.82) is 0 Å². The molecular weight excluding hydrogens is 233 g/mol. The van der Waals surface area contributed by atoms with Gasteiger partial charge >= 0.3 is 0 Å². The largest absolute Gasteiger partial charge is 0.303 e. The minimum atomic E-state index is -0.377. The maximum Gasteiger partial charge on any atom is 0.129 e. The number of rotatable bonds is 2. The molecule has 0 bridgehead atoms. The first-order valence-corrected chi connectivity index (χ1v) is 4.56. The van der Waals surface area contributed by atoms with Crippen LogP contribution in [-0.4, -0.2) is 7.05 Å². The number of hydrogen-bond donors (Lipinski definition) is 1. The average molecular weight is 242 g/mol. The van der Waals surface area contributed by atoms with E-state index in [9.17, 15) is 4.39 Å². The second-order valence-corrected chi connectivity index (χ2v) is 3.47. The Bertz CT molecular complexity index is 343. The van der Waals surface area contributed by atoms with Crippen molar-refractivity contribution in [2.24, 2.45) is 0 Å². The van der Waals surface area contributed by atoms with E-state index in [4.69, 9.17) is 6.42 Å². The van der Waals surface area contributed by atoms with Gasteiger partial charge in [-0.3, -0.25) is 0 Å². The third kappa shape index (κ3) is 2.30. The van der Waals surface area contributed by atoms with Crippen molar-refractivity contribution in [3.05, 3.63) is 34.1 Å². The minimum absolute atomic E-state index is 0.291. The van der Waals surface area contributed by atoms with E-state index >= 15 is 0 Å². The van der Waals surface area contributed by atoms with E-state index in [0.29, 0.717) is 5.56 Å². The van der Waals surface area contributed by atoms with E-state index in [1.807, 2.05) is 0 Å². The monoisotopic (exact) mass is 241 g/mol.